The van der Waals surface area contributed by atoms with E-state index in [4.69, 9.17) is 23.2 Å². The molecule has 2 aromatic rings. The minimum absolute atomic E-state index is 0.402. The molecular weight excluding hydrogens is 351 g/mol. The fourth-order valence-electron chi connectivity index (χ4n) is 3.62. The molecule has 0 amide bonds. The zero-order valence-electron chi connectivity index (χ0n) is 12.4. The average Bonchev–Trinajstić information content (AvgIpc) is 2.46. The molecule has 1 aliphatic carbocycles. The molecule has 0 spiro atoms. The van der Waals surface area contributed by atoms with Gasteiger partial charge in [-0.3, -0.25) is 9.59 Å². The van der Waals surface area contributed by atoms with Gasteiger partial charge in [0, 0.05) is 21.9 Å². The molecule has 1 fully saturated rings. The normalized spacial score (nSPS) is 21.8. The number of carboxylic acid groups (broad SMARTS) is 2. The molecule has 0 heterocycles. The molecule has 24 heavy (non-hydrogen) atoms. The van der Waals surface area contributed by atoms with Gasteiger partial charge < -0.3 is 10.2 Å². The molecule has 2 atom stereocenters. The van der Waals surface area contributed by atoms with Crippen molar-refractivity contribution in [3.63, 3.8) is 0 Å². The number of carbonyl (C=O) groups is 2. The summed E-state index contributed by atoms with van der Waals surface area (Å²) in [6.45, 7) is 0. The first-order chi connectivity index (χ1) is 11.4. The van der Waals surface area contributed by atoms with Crippen LogP contribution in [0.2, 0.25) is 10.0 Å². The van der Waals surface area contributed by atoms with Gasteiger partial charge in [-0.05, 0) is 41.8 Å². The van der Waals surface area contributed by atoms with Gasteiger partial charge in [0.05, 0.1) is 0 Å². The Balaban J connectivity index is 2.11. The summed E-state index contributed by atoms with van der Waals surface area (Å²) in [7, 11) is 0. The Morgan fingerprint density at radius 3 is 1.62 bits per heavy atom. The first-order valence-electron chi connectivity index (χ1n) is 7.35. The number of carboxylic acids is 2. The highest BCUT2D eigenvalue weighted by Gasteiger charge is 2.66. The van der Waals surface area contributed by atoms with E-state index in [9.17, 15) is 19.8 Å². The van der Waals surface area contributed by atoms with Crippen molar-refractivity contribution in [2.75, 3.05) is 0 Å². The van der Waals surface area contributed by atoms with Gasteiger partial charge in [-0.2, -0.15) is 0 Å². The molecular formula is C18H14Cl2O4. The van der Waals surface area contributed by atoms with Crippen LogP contribution in [0.3, 0.4) is 0 Å². The van der Waals surface area contributed by atoms with E-state index < -0.39 is 29.2 Å². The highest BCUT2D eigenvalue weighted by molar-refractivity contribution is 6.31. The number of halogens is 2. The van der Waals surface area contributed by atoms with E-state index in [1.54, 1.807) is 48.5 Å². The van der Waals surface area contributed by atoms with Gasteiger partial charge in [-0.25, -0.2) is 0 Å². The Morgan fingerprint density at radius 2 is 1.29 bits per heavy atom. The Hall–Kier alpha value is -2.04. The summed E-state index contributed by atoms with van der Waals surface area (Å²) in [5.74, 6) is -4.02. The van der Waals surface area contributed by atoms with Gasteiger partial charge in [0.15, 0.2) is 5.41 Å². The van der Waals surface area contributed by atoms with Crippen molar-refractivity contribution >= 4 is 35.1 Å². The van der Waals surface area contributed by atoms with Crippen LogP contribution in [-0.4, -0.2) is 22.2 Å². The van der Waals surface area contributed by atoms with Crippen LogP contribution in [0.25, 0.3) is 0 Å². The first-order valence-corrected chi connectivity index (χ1v) is 8.10. The molecule has 2 unspecified atom stereocenters. The third-order valence-corrected chi connectivity index (χ3v) is 5.25. The zero-order valence-corrected chi connectivity index (χ0v) is 14.0. The molecule has 2 N–H and O–H groups in total. The van der Waals surface area contributed by atoms with E-state index >= 15 is 0 Å². The van der Waals surface area contributed by atoms with Gasteiger partial charge in [-0.1, -0.05) is 47.5 Å². The number of aliphatic carboxylic acids is 2. The summed E-state index contributed by atoms with van der Waals surface area (Å²) in [6.07, 6.45) is 0.402. The third-order valence-electron chi connectivity index (χ3n) is 4.78. The molecule has 2 aromatic carbocycles. The van der Waals surface area contributed by atoms with Crippen molar-refractivity contribution in [1.29, 1.82) is 0 Å². The maximum atomic E-state index is 12.0. The average molecular weight is 365 g/mol. The number of benzene rings is 2. The Kier molecular flexibility index (Phi) is 4.28. The van der Waals surface area contributed by atoms with E-state index in [0.717, 1.165) is 0 Å². The van der Waals surface area contributed by atoms with Gasteiger partial charge >= 0.3 is 11.9 Å². The summed E-state index contributed by atoms with van der Waals surface area (Å²) >= 11 is 12.0. The molecule has 0 aromatic heterocycles. The highest BCUT2D eigenvalue weighted by atomic mass is 35.5. The Morgan fingerprint density at radius 1 is 0.875 bits per heavy atom. The van der Waals surface area contributed by atoms with Crippen LogP contribution in [0.15, 0.2) is 48.5 Å². The number of hydrogen-bond donors (Lipinski definition) is 2. The molecule has 0 radical (unpaired) electrons. The lowest BCUT2D eigenvalue weighted by Crippen LogP contribution is -2.57. The summed E-state index contributed by atoms with van der Waals surface area (Å²) in [6, 6.07) is 13.4. The molecule has 3 rings (SSSR count). The van der Waals surface area contributed by atoms with E-state index in [-0.39, 0.29) is 0 Å². The SMILES string of the molecule is O=C(O)C1(C(=O)O)C(c2cccc(Cl)c2)CC1c1cccc(Cl)c1. The van der Waals surface area contributed by atoms with Crippen LogP contribution in [0, 0.1) is 5.41 Å². The standard InChI is InChI=1S/C18H14Cl2O4/c19-12-5-1-3-10(7-12)14-9-15(11-4-2-6-13(20)8-11)18(14,16(21)22)17(23)24/h1-8,14-15H,9H2,(H,21,22)(H,23,24). The van der Waals surface area contributed by atoms with E-state index in [1.165, 1.54) is 0 Å². The number of hydrogen-bond acceptors (Lipinski definition) is 2. The summed E-state index contributed by atoms with van der Waals surface area (Å²) < 4.78 is 0. The fourth-order valence-corrected chi connectivity index (χ4v) is 4.02. The molecule has 0 aliphatic heterocycles. The second kappa shape index (κ2) is 6.11. The topological polar surface area (TPSA) is 74.6 Å². The number of rotatable bonds is 4. The van der Waals surface area contributed by atoms with Crippen LogP contribution >= 0.6 is 23.2 Å². The molecule has 6 heteroatoms. The predicted octanol–water partition coefficient (Wildman–Crippen LogP) is 4.42. The van der Waals surface area contributed by atoms with Crippen LogP contribution < -0.4 is 0 Å². The second-order valence-corrected chi connectivity index (χ2v) is 6.80. The van der Waals surface area contributed by atoms with Crippen molar-refractivity contribution in [2.45, 2.75) is 18.3 Å². The van der Waals surface area contributed by atoms with Gasteiger partial charge in [-0.15, -0.1) is 0 Å². The van der Waals surface area contributed by atoms with Crippen LogP contribution in [-0.2, 0) is 9.59 Å². The molecule has 124 valence electrons. The van der Waals surface area contributed by atoms with Crippen LogP contribution in [0.1, 0.15) is 29.4 Å². The monoisotopic (exact) mass is 364 g/mol. The van der Waals surface area contributed by atoms with Crippen molar-refractivity contribution in [1.82, 2.24) is 0 Å². The van der Waals surface area contributed by atoms with Crippen molar-refractivity contribution in [3.8, 4) is 0 Å². The lowest BCUT2D eigenvalue weighted by molar-refractivity contribution is -0.177. The zero-order chi connectivity index (χ0) is 17.5. The van der Waals surface area contributed by atoms with Gasteiger partial charge in [0.1, 0.15) is 0 Å². The largest absolute Gasteiger partial charge is 0.480 e. The molecule has 1 aliphatic rings. The van der Waals surface area contributed by atoms with E-state index in [2.05, 4.69) is 0 Å². The summed E-state index contributed by atoms with van der Waals surface area (Å²) in [4.78, 5) is 24.1. The van der Waals surface area contributed by atoms with Gasteiger partial charge in [0.2, 0.25) is 0 Å². The minimum Gasteiger partial charge on any atom is -0.480 e. The fraction of sp³-hybridized carbons (Fsp3) is 0.222. The van der Waals surface area contributed by atoms with Crippen LogP contribution in [0.5, 0.6) is 0 Å². The minimum atomic E-state index is -1.94. The summed E-state index contributed by atoms with van der Waals surface area (Å²) in [5.41, 5.74) is -0.703. The Bertz CT molecular complexity index is 751. The van der Waals surface area contributed by atoms with E-state index in [1.807, 2.05) is 0 Å². The Labute approximate surface area is 148 Å². The van der Waals surface area contributed by atoms with Crippen LogP contribution in [0.4, 0.5) is 0 Å². The quantitative estimate of drug-likeness (QED) is 0.787. The second-order valence-electron chi connectivity index (χ2n) is 5.93. The summed E-state index contributed by atoms with van der Waals surface area (Å²) in [5, 5.41) is 20.5. The first kappa shape index (κ1) is 16.8. The molecule has 1 saturated carbocycles. The maximum Gasteiger partial charge on any atom is 0.322 e. The highest BCUT2D eigenvalue weighted by Crippen LogP contribution is 2.62. The lowest BCUT2D eigenvalue weighted by atomic mass is 9.49. The maximum absolute atomic E-state index is 12.0. The van der Waals surface area contributed by atoms with E-state index in [0.29, 0.717) is 27.6 Å². The smallest absolute Gasteiger partial charge is 0.322 e. The molecule has 0 bridgehead atoms. The van der Waals surface area contributed by atoms with Crippen molar-refractivity contribution in [3.05, 3.63) is 69.7 Å². The lowest BCUT2D eigenvalue weighted by Gasteiger charge is -2.50. The molecule has 4 nitrogen and oxygen atoms in total. The molecule has 0 saturated heterocycles. The van der Waals surface area contributed by atoms with Gasteiger partial charge in [0.25, 0.3) is 0 Å². The van der Waals surface area contributed by atoms with Crippen molar-refractivity contribution < 1.29 is 19.8 Å². The predicted molar refractivity (Wildman–Crippen MR) is 90.7 cm³/mol. The van der Waals surface area contributed by atoms with Crippen molar-refractivity contribution in [2.24, 2.45) is 5.41 Å². The third kappa shape index (κ3) is 2.46.